The molecular weight excluding hydrogens is 240 g/mol. The molecular formula is C11H14N2O5. The minimum atomic E-state index is -0.922. The Bertz CT molecular complexity index is 421. The van der Waals surface area contributed by atoms with E-state index in [2.05, 4.69) is 5.32 Å². The van der Waals surface area contributed by atoms with Crippen LogP contribution in [0.5, 0.6) is 0 Å². The number of aliphatic hydroxyl groups excluding tert-OH is 2. The normalized spacial score (nSPS) is 23.1. The number of likely N-dealkylation sites (tertiary alicyclic amines) is 1. The van der Waals surface area contributed by atoms with Crippen molar-refractivity contribution in [3.05, 3.63) is 24.2 Å². The van der Waals surface area contributed by atoms with Crippen LogP contribution in [-0.4, -0.2) is 58.8 Å². The minimum absolute atomic E-state index is 0.0800. The van der Waals surface area contributed by atoms with Crippen molar-refractivity contribution in [2.75, 3.05) is 19.6 Å². The van der Waals surface area contributed by atoms with Gasteiger partial charge in [-0.15, -0.1) is 0 Å². The quantitative estimate of drug-likeness (QED) is 0.614. The number of nitrogens with one attached hydrogen (secondary N) is 1. The first-order valence-corrected chi connectivity index (χ1v) is 5.53. The molecule has 1 saturated heterocycles. The van der Waals surface area contributed by atoms with Crippen molar-refractivity contribution in [3.8, 4) is 0 Å². The summed E-state index contributed by atoms with van der Waals surface area (Å²) >= 11 is 0. The van der Waals surface area contributed by atoms with Gasteiger partial charge in [0.05, 0.1) is 25.0 Å². The highest BCUT2D eigenvalue weighted by Gasteiger charge is 2.32. The molecule has 2 rings (SSSR count). The Morgan fingerprint density at radius 3 is 2.61 bits per heavy atom. The molecule has 0 aliphatic carbocycles. The van der Waals surface area contributed by atoms with E-state index in [-0.39, 0.29) is 31.3 Å². The highest BCUT2D eigenvalue weighted by atomic mass is 16.3. The van der Waals surface area contributed by atoms with Crippen LogP contribution in [0.3, 0.4) is 0 Å². The second-order valence-corrected chi connectivity index (χ2v) is 4.09. The van der Waals surface area contributed by atoms with Crippen LogP contribution in [0.4, 0.5) is 0 Å². The van der Waals surface area contributed by atoms with Gasteiger partial charge in [0, 0.05) is 13.1 Å². The molecule has 1 aliphatic rings. The van der Waals surface area contributed by atoms with Gasteiger partial charge < -0.3 is 24.8 Å². The average molecular weight is 254 g/mol. The molecule has 3 N–H and O–H groups in total. The third-order valence-corrected chi connectivity index (χ3v) is 2.76. The summed E-state index contributed by atoms with van der Waals surface area (Å²) in [6.45, 7) is -0.0355. The Morgan fingerprint density at radius 2 is 2.06 bits per heavy atom. The van der Waals surface area contributed by atoms with Crippen molar-refractivity contribution in [1.29, 1.82) is 0 Å². The molecule has 1 aromatic heterocycles. The fourth-order valence-corrected chi connectivity index (χ4v) is 1.74. The predicted molar refractivity (Wildman–Crippen MR) is 59.6 cm³/mol. The zero-order valence-corrected chi connectivity index (χ0v) is 9.57. The zero-order valence-electron chi connectivity index (χ0n) is 9.57. The maximum Gasteiger partial charge on any atom is 0.287 e. The summed E-state index contributed by atoms with van der Waals surface area (Å²) in [6.07, 6.45) is -0.478. The van der Waals surface area contributed by atoms with Crippen molar-refractivity contribution in [2.45, 2.75) is 12.2 Å². The fourth-order valence-electron chi connectivity index (χ4n) is 1.74. The van der Waals surface area contributed by atoms with Gasteiger partial charge in [-0.1, -0.05) is 0 Å². The number of hydrogen-bond acceptors (Lipinski definition) is 5. The third-order valence-electron chi connectivity index (χ3n) is 2.76. The number of amides is 2. The SMILES string of the molecule is O=C(NCC(=O)N1CC(O)C(O)C1)c1ccco1. The highest BCUT2D eigenvalue weighted by molar-refractivity contribution is 5.94. The van der Waals surface area contributed by atoms with Crippen molar-refractivity contribution < 1.29 is 24.2 Å². The van der Waals surface area contributed by atoms with E-state index in [1.807, 2.05) is 0 Å². The summed E-state index contributed by atoms with van der Waals surface area (Å²) in [5, 5.41) is 21.0. The Hall–Kier alpha value is -1.86. The molecule has 7 nitrogen and oxygen atoms in total. The molecule has 2 amide bonds. The van der Waals surface area contributed by atoms with Crippen LogP contribution in [0.25, 0.3) is 0 Å². The molecule has 1 aromatic rings. The second kappa shape index (κ2) is 5.19. The number of furan rings is 1. The largest absolute Gasteiger partial charge is 0.459 e. The number of β-amino-alcohol motifs (C(OH)–C–C–N with tert-alkyl or cyclic N) is 2. The van der Waals surface area contributed by atoms with E-state index in [0.717, 1.165) is 0 Å². The van der Waals surface area contributed by atoms with Crippen molar-refractivity contribution >= 4 is 11.8 Å². The smallest absolute Gasteiger partial charge is 0.287 e. The van der Waals surface area contributed by atoms with Crippen LogP contribution in [0, 0.1) is 0 Å². The lowest BCUT2D eigenvalue weighted by molar-refractivity contribution is -0.129. The Morgan fingerprint density at radius 1 is 1.39 bits per heavy atom. The minimum Gasteiger partial charge on any atom is -0.459 e. The van der Waals surface area contributed by atoms with Gasteiger partial charge >= 0.3 is 0 Å². The molecule has 2 atom stereocenters. The van der Waals surface area contributed by atoms with Crippen molar-refractivity contribution in [2.24, 2.45) is 0 Å². The molecule has 0 aromatic carbocycles. The number of carbonyl (C=O) groups is 2. The van der Waals surface area contributed by atoms with Crippen LogP contribution in [-0.2, 0) is 4.79 Å². The monoisotopic (exact) mass is 254 g/mol. The van der Waals surface area contributed by atoms with Gasteiger partial charge in [-0.05, 0) is 12.1 Å². The summed E-state index contributed by atoms with van der Waals surface area (Å²) < 4.78 is 4.87. The van der Waals surface area contributed by atoms with E-state index >= 15 is 0 Å². The summed E-state index contributed by atoms with van der Waals surface area (Å²) in [5.41, 5.74) is 0. The number of carbonyl (C=O) groups excluding carboxylic acids is 2. The molecule has 0 radical (unpaired) electrons. The molecule has 2 heterocycles. The molecule has 0 saturated carbocycles. The molecule has 7 heteroatoms. The van der Waals surface area contributed by atoms with Gasteiger partial charge in [0.25, 0.3) is 5.91 Å². The van der Waals surface area contributed by atoms with E-state index < -0.39 is 18.1 Å². The van der Waals surface area contributed by atoms with Crippen LogP contribution < -0.4 is 5.32 Å². The van der Waals surface area contributed by atoms with Gasteiger partial charge in [0.2, 0.25) is 5.91 Å². The Labute approximate surface area is 103 Å². The summed E-state index contributed by atoms with van der Waals surface area (Å²) in [6, 6.07) is 3.06. The number of nitrogens with zero attached hydrogens (tertiary/aromatic N) is 1. The Balaban J connectivity index is 1.80. The first-order chi connectivity index (χ1) is 8.58. The van der Waals surface area contributed by atoms with E-state index in [1.54, 1.807) is 6.07 Å². The maximum absolute atomic E-state index is 11.7. The third kappa shape index (κ3) is 2.69. The summed E-state index contributed by atoms with van der Waals surface area (Å²) in [4.78, 5) is 24.5. The first kappa shape index (κ1) is 12.6. The molecule has 1 aliphatic heterocycles. The van der Waals surface area contributed by atoms with Crippen molar-refractivity contribution in [1.82, 2.24) is 10.2 Å². The molecule has 18 heavy (non-hydrogen) atoms. The van der Waals surface area contributed by atoms with Gasteiger partial charge in [0.15, 0.2) is 5.76 Å². The Kier molecular flexibility index (Phi) is 3.63. The number of hydrogen-bond donors (Lipinski definition) is 3. The predicted octanol–water partition coefficient (Wildman–Crippen LogP) is -1.43. The summed E-state index contributed by atoms with van der Waals surface area (Å²) in [7, 11) is 0. The van der Waals surface area contributed by atoms with Crippen LogP contribution in [0.1, 0.15) is 10.6 Å². The first-order valence-electron chi connectivity index (χ1n) is 5.53. The number of aliphatic hydroxyl groups is 2. The lowest BCUT2D eigenvalue weighted by Crippen LogP contribution is -2.39. The standard InChI is InChI=1S/C11H14N2O5/c14-7-5-13(6-8(7)15)10(16)4-12-11(17)9-2-1-3-18-9/h1-3,7-8,14-15H,4-6H2,(H,12,17). The highest BCUT2D eigenvalue weighted by Crippen LogP contribution is 2.09. The lowest BCUT2D eigenvalue weighted by atomic mass is 10.3. The fraction of sp³-hybridized carbons (Fsp3) is 0.455. The van der Waals surface area contributed by atoms with Crippen LogP contribution in [0.2, 0.25) is 0 Å². The topological polar surface area (TPSA) is 103 Å². The van der Waals surface area contributed by atoms with Crippen LogP contribution in [0.15, 0.2) is 22.8 Å². The molecule has 0 bridgehead atoms. The van der Waals surface area contributed by atoms with Gasteiger partial charge in [0.1, 0.15) is 0 Å². The molecule has 0 spiro atoms. The van der Waals surface area contributed by atoms with E-state index in [4.69, 9.17) is 4.42 Å². The number of rotatable bonds is 3. The van der Waals surface area contributed by atoms with E-state index in [9.17, 15) is 19.8 Å². The molecule has 98 valence electrons. The van der Waals surface area contributed by atoms with Crippen LogP contribution >= 0.6 is 0 Å². The van der Waals surface area contributed by atoms with Gasteiger partial charge in [-0.2, -0.15) is 0 Å². The van der Waals surface area contributed by atoms with Gasteiger partial charge in [-0.25, -0.2) is 0 Å². The van der Waals surface area contributed by atoms with E-state index in [1.165, 1.54) is 17.2 Å². The maximum atomic E-state index is 11.7. The van der Waals surface area contributed by atoms with Gasteiger partial charge in [-0.3, -0.25) is 9.59 Å². The lowest BCUT2D eigenvalue weighted by Gasteiger charge is -2.15. The zero-order chi connectivity index (χ0) is 13.1. The average Bonchev–Trinajstić information content (AvgIpc) is 2.97. The molecule has 2 unspecified atom stereocenters. The molecule has 1 fully saturated rings. The van der Waals surface area contributed by atoms with E-state index in [0.29, 0.717) is 0 Å². The summed E-state index contributed by atoms with van der Waals surface area (Å²) in [5.74, 6) is -0.705. The second-order valence-electron chi connectivity index (χ2n) is 4.09. The van der Waals surface area contributed by atoms with Crippen molar-refractivity contribution in [3.63, 3.8) is 0 Å².